The number of benzene rings is 2. The molecule has 0 aliphatic carbocycles. The molecule has 1 amide bonds. The van der Waals surface area contributed by atoms with Crippen LogP contribution in [0.3, 0.4) is 0 Å². The number of halogens is 3. The molecule has 0 atom stereocenters. The van der Waals surface area contributed by atoms with Crippen LogP contribution in [-0.2, 0) is 6.18 Å². The second-order valence-electron chi connectivity index (χ2n) is 5.68. The van der Waals surface area contributed by atoms with Gasteiger partial charge in [0.1, 0.15) is 5.75 Å². The van der Waals surface area contributed by atoms with Gasteiger partial charge in [0.15, 0.2) is 5.11 Å². The summed E-state index contributed by atoms with van der Waals surface area (Å²) in [6, 6.07) is 11.2. The van der Waals surface area contributed by atoms with Crippen LogP contribution in [-0.4, -0.2) is 17.6 Å². The molecule has 0 heterocycles. The average Bonchev–Trinajstić information content (AvgIpc) is 2.61. The standard InChI is InChI=1S/C19H19F3N2O2S/c1-2-3-11-26-16-10-5-4-9-15(16)17(25)24-18(27)23-14-8-6-7-13(12-14)19(20,21)22/h4-10,12H,2-3,11H2,1H3,(H2,23,24,25,27). The molecule has 0 spiro atoms. The molecule has 144 valence electrons. The van der Waals surface area contributed by atoms with Crippen LogP contribution in [0.2, 0.25) is 0 Å². The smallest absolute Gasteiger partial charge is 0.416 e. The van der Waals surface area contributed by atoms with Crippen LogP contribution in [0.25, 0.3) is 0 Å². The monoisotopic (exact) mass is 396 g/mol. The summed E-state index contributed by atoms with van der Waals surface area (Å²) in [5, 5.41) is 4.93. The van der Waals surface area contributed by atoms with Gasteiger partial charge in [-0.25, -0.2) is 0 Å². The van der Waals surface area contributed by atoms with Crippen molar-refractivity contribution in [2.45, 2.75) is 25.9 Å². The number of para-hydroxylation sites is 1. The molecule has 2 aromatic carbocycles. The number of alkyl halides is 3. The highest BCUT2D eigenvalue weighted by atomic mass is 32.1. The average molecular weight is 396 g/mol. The summed E-state index contributed by atoms with van der Waals surface area (Å²) in [6.07, 6.45) is -2.65. The van der Waals surface area contributed by atoms with Crippen molar-refractivity contribution in [2.75, 3.05) is 11.9 Å². The third-order valence-corrected chi connectivity index (χ3v) is 3.77. The molecular formula is C19H19F3N2O2S. The van der Waals surface area contributed by atoms with E-state index in [2.05, 4.69) is 10.6 Å². The molecule has 0 fully saturated rings. The van der Waals surface area contributed by atoms with E-state index >= 15 is 0 Å². The minimum absolute atomic E-state index is 0.109. The van der Waals surface area contributed by atoms with Gasteiger partial charge in [-0.2, -0.15) is 13.2 Å². The second kappa shape index (κ2) is 9.36. The lowest BCUT2D eigenvalue weighted by Gasteiger charge is -2.14. The zero-order chi connectivity index (χ0) is 19.9. The van der Waals surface area contributed by atoms with E-state index in [-0.39, 0.29) is 10.8 Å². The van der Waals surface area contributed by atoms with Crippen molar-refractivity contribution < 1.29 is 22.7 Å². The number of anilines is 1. The Balaban J connectivity index is 2.03. The number of hydrogen-bond donors (Lipinski definition) is 2. The highest BCUT2D eigenvalue weighted by Crippen LogP contribution is 2.30. The van der Waals surface area contributed by atoms with E-state index in [4.69, 9.17) is 17.0 Å². The number of amides is 1. The number of unbranched alkanes of at least 4 members (excludes halogenated alkanes) is 1. The molecule has 0 unspecified atom stereocenters. The van der Waals surface area contributed by atoms with Gasteiger partial charge in [-0.15, -0.1) is 0 Å². The summed E-state index contributed by atoms with van der Waals surface area (Å²) in [4.78, 5) is 12.4. The lowest BCUT2D eigenvalue weighted by Crippen LogP contribution is -2.34. The van der Waals surface area contributed by atoms with E-state index in [9.17, 15) is 18.0 Å². The number of thiocarbonyl (C=S) groups is 1. The first-order chi connectivity index (χ1) is 12.8. The summed E-state index contributed by atoms with van der Waals surface area (Å²) >= 11 is 5.03. The number of carbonyl (C=O) groups is 1. The van der Waals surface area contributed by atoms with E-state index in [1.54, 1.807) is 24.3 Å². The highest BCUT2D eigenvalue weighted by molar-refractivity contribution is 7.80. The largest absolute Gasteiger partial charge is 0.493 e. The van der Waals surface area contributed by atoms with Crippen LogP contribution in [0.1, 0.15) is 35.7 Å². The molecule has 0 aliphatic heterocycles. The van der Waals surface area contributed by atoms with E-state index in [0.29, 0.717) is 17.9 Å². The second-order valence-corrected chi connectivity index (χ2v) is 6.09. The molecule has 8 heteroatoms. The maximum atomic E-state index is 12.8. The normalized spacial score (nSPS) is 11.0. The Morgan fingerprint density at radius 2 is 1.89 bits per heavy atom. The van der Waals surface area contributed by atoms with E-state index in [0.717, 1.165) is 25.0 Å². The van der Waals surface area contributed by atoms with Crippen molar-refractivity contribution in [3.63, 3.8) is 0 Å². The van der Waals surface area contributed by atoms with Gasteiger partial charge in [-0.1, -0.05) is 31.5 Å². The molecule has 0 bridgehead atoms. The number of hydrogen-bond acceptors (Lipinski definition) is 3. The summed E-state index contributed by atoms with van der Waals surface area (Å²) in [5.41, 5.74) is -0.388. The van der Waals surface area contributed by atoms with Gasteiger partial charge in [-0.05, 0) is 49.0 Å². The van der Waals surface area contributed by atoms with Crippen molar-refractivity contribution in [1.29, 1.82) is 0 Å². The molecule has 0 saturated carbocycles. The Labute approximate surface area is 160 Å². The molecule has 2 aromatic rings. The Bertz CT molecular complexity index is 810. The van der Waals surface area contributed by atoms with Gasteiger partial charge in [0.2, 0.25) is 0 Å². The van der Waals surface area contributed by atoms with E-state index in [1.807, 2.05) is 6.92 Å². The Morgan fingerprint density at radius 1 is 1.15 bits per heavy atom. The summed E-state index contributed by atoms with van der Waals surface area (Å²) < 4.78 is 43.9. The first-order valence-corrected chi connectivity index (χ1v) is 8.73. The molecule has 4 nitrogen and oxygen atoms in total. The van der Waals surface area contributed by atoms with Gasteiger partial charge in [-0.3, -0.25) is 10.1 Å². The van der Waals surface area contributed by atoms with Gasteiger partial charge < -0.3 is 10.1 Å². The van der Waals surface area contributed by atoms with Crippen LogP contribution in [0.4, 0.5) is 18.9 Å². The van der Waals surface area contributed by atoms with Gasteiger partial charge in [0.05, 0.1) is 17.7 Å². The molecule has 0 aliphatic rings. The number of nitrogens with one attached hydrogen (secondary N) is 2. The fraction of sp³-hybridized carbons (Fsp3) is 0.263. The predicted octanol–water partition coefficient (Wildman–Crippen LogP) is 5.01. The molecule has 0 aromatic heterocycles. The topological polar surface area (TPSA) is 50.4 Å². The van der Waals surface area contributed by atoms with Crippen molar-refractivity contribution >= 4 is 28.9 Å². The van der Waals surface area contributed by atoms with Crippen LogP contribution in [0, 0.1) is 0 Å². The third kappa shape index (κ3) is 6.25. The fourth-order valence-corrected chi connectivity index (χ4v) is 2.42. The van der Waals surface area contributed by atoms with Crippen LogP contribution >= 0.6 is 12.2 Å². The van der Waals surface area contributed by atoms with E-state index < -0.39 is 17.6 Å². The Kier molecular flexibility index (Phi) is 7.18. The van der Waals surface area contributed by atoms with Gasteiger partial charge >= 0.3 is 6.18 Å². The first kappa shape index (κ1) is 20.7. The molecule has 0 saturated heterocycles. The van der Waals surface area contributed by atoms with Crippen LogP contribution in [0.15, 0.2) is 48.5 Å². The first-order valence-electron chi connectivity index (χ1n) is 8.32. The number of ether oxygens (including phenoxy) is 1. The minimum Gasteiger partial charge on any atom is -0.493 e. The minimum atomic E-state index is -4.46. The number of carbonyl (C=O) groups excluding carboxylic acids is 1. The van der Waals surface area contributed by atoms with E-state index in [1.165, 1.54) is 12.1 Å². The Hall–Kier alpha value is -2.61. The zero-order valence-corrected chi connectivity index (χ0v) is 15.4. The van der Waals surface area contributed by atoms with Crippen LogP contribution < -0.4 is 15.4 Å². The predicted molar refractivity (Wildman–Crippen MR) is 102 cm³/mol. The fourth-order valence-electron chi connectivity index (χ4n) is 2.21. The van der Waals surface area contributed by atoms with Gasteiger partial charge in [0, 0.05) is 5.69 Å². The van der Waals surface area contributed by atoms with Gasteiger partial charge in [0.25, 0.3) is 5.91 Å². The van der Waals surface area contributed by atoms with Crippen molar-refractivity contribution in [2.24, 2.45) is 0 Å². The summed E-state index contributed by atoms with van der Waals surface area (Å²) in [7, 11) is 0. The molecule has 2 rings (SSSR count). The maximum Gasteiger partial charge on any atom is 0.416 e. The summed E-state index contributed by atoms with van der Waals surface area (Å²) in [5.74, 6) is -0.0862. The molecule has 2 N–H and O–H groups in total. The van der Waals surface area contributed by atoms with Crippen molar-refractivity contribution in [1.82, 2.24) is 5.32 Å². The van der Waals surface area contributed by atoms with Crippen LogP contribution in [0.5, 0.6) is 5.75 Å². The van der Waals surface area contributed by atoms with Crippen molar-refractivity contribution in [3.05, 3.63) is 59.7 Å². The molecule has 0 radical (unpaired) electrons. The SMILES string of the molecule is CCCCOc1ccccc1C(=O)NC(=S)Nc1cccc(C(F)(F)F)c1. The Morgan fingerprint density at radius 3 is 2.59 bits per heavy atom. The highest BCUT2D eigenvalue weighted by Gasteiger charge is 2.30. The molecular weight excluding hydrogens is 377 g/mol. The zero-order valence-electron chi connectivity index (χ0n) is 14.6. The van der Waals surface area contributed by atoms with Crippen molar-refractivity contribution in [3.8, 4) is 5.75 Å². The molecule has 27 heavy (non-hydrogen) atoms. The number of rotatable bonds is 6. The summed E-state index contributed by atoms with van der Waals surface area (Å²) in [6.45, 7) is 2.51. The quantitative estimate of drug-likeness (QED) is 0.532. The third-order valence-electron chi connectivity index (χ3n) is 3.56. The maximum absolute atomic E-state index is 12.8. The lowest BCUT2D eigenvalue weighted by molar-refractivity contribution is -0.137. The lowest BCUT2D eigenvalue weighted by atomic mass is 10.2.